The van der Waals surface area contributed by atoms with Crippen LogP contribution >= 0.6 is 15.9 Å². The molecule has 0 spiro atoms. The standard InChI is InChI=1S/C18H24BrNO/c1-4-5-14-16-9-12(19)8-15(11(2)3)18(16)21-17(14)10-20-13-6-7-13/h8-9,11,13,20H,4-7,10H2,1-3H3. The third-order valence-corrected chi connectivity index (χ3v) is 4.68. The summed E-state index contributed by atoms with van der Waals surface area (Å²) in [7, 11) is 0. The second-order valence-electron chi connectivity index (χ2n) is 6.44. The number of benzene rings is 1. The van der Waals surface area contributed by atoms with Crippen LogP contribution in [0.15, 0.2) is 21.0 Å². The largest absolute Gasteiger partial charge is 0.459 e. The molecule has 1 aliphatic carbocycles. The van der Waals surface area contributed by atoms with Gasteiger partial charge in [-0.3, -0.25) is 0 Å². The third kappa shape index (κ3) is 3.19. The van der Waals surface area contributed by atoms with Crippen molar-refractivity contribution < 1.29 is 4.42 Å². The first-order valence-corrected chi connectivity index (χ1v) is 8.86. The summed E-state index contributed by atoms with van der Waals surface area (Å²) in [5.41, 5.74) is 3.78. The van der Waals surface area contributed by atoms with Crippen molar-refractivity contribution in [1.29, 1.82) is 0 Å². The van der Waals surface area contributed by atoms with E-state index in [-0.39, 0.29) is 0 Å². The van der Waals surface area contributed by atoms with Crippen molar-refractivity contribution in [3.05, 3.63) is 33.5 Å². The SMILES string of the molecule is CCCc1c(CNC2CC2)oc2c(C(C)C)cc(Br)cc12. The van der Waals surface area contributed by atoms with Crippen molar-refractivity contribution in [3.8, 4) is 0 Å². The minimum atomic E-state index is 0.467. The zero-order valence-electron chi connectivity index (χ0n) is 13.1. The van der Waals surface area contributed by atoms with Gasteiger partial charge in [-0.15, -0.1) is 0 Å². The number of hydrogen-bond donors (Lipinski definition) is 1. The number of furan rings is 1. The van der Waals surface area contributed by atoms with Gasteiger partial charge in [0.15, 0.2) is 0 Å². The molecule has 1 heterocycles. The number of fused-ring (bicyclic) bond motifs is 1. The monoisotopic (exact) mass is 349 g/mol. The Hall–Kier alpha value is -0.800. The van der Waals surface area contributed by atoms with Gasteiger partial charge in [0.1, 0.15) is 11.3 Å². The van der Waals surface area contributed by atoms with E-state index in [1.807, 2.05) is 0 Å². The first-order valence-electron chi connectivity index (χ1n) is 8.07. The molecule has 114 valence electrons. The van der Waals surface area contributed by atoms with Gasteiger partial charge in [0.25, 0.3) is 0 Å². The molecule has 0 radical (unpaired) electrons. The van der Waals surface area contributed by atoms with E-state index in [4.69, 9.17) is 4.42 Å². The van der Waals surface area contributed by atoms with Crippen molar-refractivity contribution in [2.75, 3.05) is 0 Å². The average Bonchev–Trinajstić information content (AvgIpc) is 3.20. The molecule has 1 saturated carbocycles. The van der Waals surface area contributed by atoms with Crippen molar-refractivity contribution in [2.45, 2.75) is 65.0 Å². The zero-order chi connectivity index (χ0) is 15.0. The zero-order valence-corrected chi connectivity index (χ0v) is 14.7. The fourth-order valence-corrected chi connectivity index (χ4v) is 3.38. The molecule has 1 aromatic heterocycles. The van der Waals surface area contributed by atoms with Crippen LogP contribution in [-0.4, -0.2) is 6.04 Å². The van der Waals surface area contributed by atoms with Crippen LogP contribution in [0.3, 0.4) is 0 Å². The summed E-state index contributed by atoms with van der Waals surface area (Å²) >= 11 is 3.66. The maximum absolute atomic E-state index is 6.29. The molecule has 0 saturated heterocycles. The highest BCUT2D eigenvalue weighted by Crippen LogP contribution is 2.36. The summed E-state index contributed by atoms with van der Waals surface area (Å²) in [4.78, 5) is 0. The van der Waals surface area contributed by atoms with E-state index in [1.54, 1.807) is 0 Å². The summed E-state index contributed by atoms with van der Waals surface area (Å²) in [6.45, 7) is 7.55. The van der Waals surface area contributed by atoms with Crippen LogP contribution in [0, 0.1) is 0 Å². The van der Waals surface area contributed by atoms with Gasteiger partial charge in [0.05, 0.1) is 6.54 Å². The molecule has 1 aliphatic rings. The van der Waals surface area contributed by atoms with E-state index in [0.29, 0.717) is 12.0 Å². The van der Waals surface area contributed by atoms with Crippen LogP contribution in [0.5, 0.6) is 0 Å². The summed E-state index contributed by atoms with van der Waals surface area (Å²) in [6.07, 6.45) is 4.86. The second kappa shape index (κ2) is 6.13. The molecule has 1 aromatic carbocycles. The van der Waals surface area contributed by atoms with Gasteiger partial charge >= 0.3 is 0 Å². The van der Waals surface area contributed by atoms with E-state index < -0.39 is 0 Å². The lowest BCUT2D eigenvalue weighted by atomic mass is 9.98. The van der Waals surface area contributed by atoms with Crippen molar-refractivity contribution in [3.63, 3.8) is 0 Å². The van der Waals surface area contributed by atoms with E-state index in [0.717, 1.165) is 35.2 Å². The minimum Gasteiger partial charge on any atom is -0.459 e. The number of halogens is 1. The smallest absolute Gasteiger partial charge is 0.138 e. The van der Waals surface area contributed by atoms with Gasteiger partial charge in [-0.1, -0.05) is 43.1 Å². The average molecular weight is 350 g/mol. The van der Waals surface area contributed by atoms with Crippen LogP contribution in [0.2, 0.25) is 0 Å². The fraction of sp³-hybridized carbons (Fsp3) is 0.556. The molecule has 2 nitrogen and oxygen atoms in total. The summed E-state index contributed by atoms with van der Waals surface area (Å²) in [5, 5.41) is 4.88. The molecule has 0 aliphatic heterocycles. The summed E-state index contributed by atoms with van der Waals surface area (Å²) in [6, 6.07) is 5.13. The second-order valence-corrected chi connectivity index (χ2v) is 7.35. The van der Waals surface area contributed by atoms with Crippen LogP contribution in [0.4, 0.5) is 0 Å². The Kier molecular flexibility index (Phi) is 4.41. The summed E-state index contributed by atoms with van der Waals surface area (Å²) in [5.74, 6) is 1.61. The summed E-state index contributed by atoms with van der Waals surface area (Å²) < 4.78 is 7.45. The Morgan fingerprint density at radius 2 is 2.10 bits per heavy atom. The normalized spacial score (nSPS) is 15.3. The van der Waals surface area contributed by atoms with Crippen molar-refractivity contribution in [1.82, 2.24) is 5.32 Å². The van der Waals surface area contributed by atoms with Gasteiger partial charge in [-0.25, -0.2) is 0 Å². The predicted octanol–water partition coefficient (Wildman–Crippen LogP) is 5.52. The van der Waals surface area contributed by atoms with E-state index in [9.17, 15) is 0 Å². The Balaban J connectivity index is 2.07. The lowest BCUT2D eigenvalue weighted by Gasteiger charge is -2.07. The highest BCUT2D eigenvalue weighted by molar-refractivity contribution is 9.10. The van der Waals surface area contributed by atoms with Gasteiger partial charge in [0, 0.05) is 21.5 Å². The molecule has 1 fully saturated rings. The molecule has 0 bridgehead atoms. The van der Waals surface area contributed by atoms with Crippen molar-refractivity contribution >= 4 is 26.9 Å². The molecule has 3 rings (SSSR count). The minimum absolute atomic E-state index is 0.467. The van der Waals surface area contributed by atoms with E-state index in [1.165, 1.54) is 29.4 Å². The molecule has 3 heteroatoms. The van der Waals surface area contributed by atoms with Gasteiger partial charge in [-0.05, 0) is 42.9 Å². The molecule has 21 heavy (non-hydrogen) atoms. The first-order chi connectivity index (χ1) is 10.1. The molecular weight excluding hydrogens is 326 g/mol. The number of aryl methyl sites for hydroxylation is 1. The number of nitrogens with one attached hydrogen (secondary N) is 1. The number of rotatable bonds is 6. The maximum Gasteiger partial charge on any atom is 0.138 e. The first kappa shape index (κ1) is 15.1. The Morgan fingerprint density at radius 1 is 1.33 bits per heavy atom. The molecule has 0 atom stereocenters. The van der Waals surface area contributed by atoms with Gasteiger partial charge in [0.2, 0.25) is 0 Å². The van der Waals surface area contributed by atoms with Gasteiger partial charge in [-0.2, -0.15) is 0 Å². The third-order valence-electron chi connectivity index (χ3n) is 4.22. The van der Waals surface area contributed by atoms with Crippen LogP contribution < -0.4 is 5.32 Å². The van der Waals surface area contributed by atoms with Crippen molar-refractivity contribution in [2.24, 2.45) is 0 Å². The molecule has 2 aromatic rings. The fourth-order valence-electron chi connectivity index (χ4n) is 2.91. The molecular formula is C18H24BrNO. The van der Waals surface area contributed by atoms with E-state index >= 15 is 0 Å². The topological polar surface area (TPSA) is 25.2 Å². The molecule has 1 N–H and O–H groups in total. The highest BCUT2D eigenvalue weighted by atomic mass is 79.9. The van der Waals surface area contributed by atoms with Crippen LogP contribution in [-0.2, 0) is 13.0 Å². The van der Waals surface area contributed by atoms with Crippen LogP contribution in [0.25, 0.3) is 11.0 Å². The van der Waals surface area contributed by atoms with Crippen LogP contribution in [0.1, 0.15) is 62.8 Å². The molecule has 0 unspecified atom stereocenters. The van der Waals surface area contributed by atoms with E-state index in [2.05, 4.69) is 54.2 Å². The van der Waals surface area contributed by atoms with Gasteiger partial charge < -0.3 is 9.73 Å². The Morgan fingerprint density at radius 3 is 2.71 bits per heavy atom. The molecule has 0 amide bonds. The lowest BCUT2D eigenvalue weighted by Crippen LogP contribution is -2.15. The predicted molar refractivity (Wildman–Crippen MR) is 91.9 cm³/mol. The Bertz CT molecular complexity index is 640. The quantitative estimate of drug-likeness (QED) is 0.742. The lowest BCUT2D eigenvalue weighted by molar-refractivity contribution is 0.502. The Labute approximate surface area is 135 Å². The highest BCUT2D eigenvalue weighted by Gasteiger charge is 2.23. The maximum atomic E-state index is 6.29. The number of hydrogen-bond acceptors (Lipinski definition) is 2.